The van der Waals surface area contributed by atoms with Crippen LogP contribution in [0.4, 0.5) is 5.69 Å². The van der Waals surface area contributed by atoms with E-state index in [1.807, 2.05) is 19.1 Å². The maximum Gasteiger partial charge on any atom is 0.332 e. The quantitative estimate of drug-likeness (QED) is 0.595. The molecule has 1 aromatic rings. The Hall–Kier alpha value is -1.22. The van der Waals surface area contributed by atoms with E-state index in [9.17, 15) is 4.79 Å². The number of esters is 1. The van der Waals surface area contributed by atoms with E-state index in [2.05, 4.69) is 24.0 Å². The summed E-state index contributed by atoms with van der Waals surface area (Å²) in [5.74, 6) is 0.442. The molecule has 0 amide bonds. The minimum Gasteiger partial charge on any atom is -0.464 e. The second kappa shape index (κ2) is 6.49. The number of fused-ring (bicyclic) bond motifs is 1. The number of carbonyl (C=O) groups excluding carboxylic acids is 1. The summed E-state index contributed by atoms with van der Waals surface area (Å²) in [5.41, 5.74) is 1.79. The molecule has 1 heterocycles. The fourth-order valence-corrected chi connectivity index (χ4v) is 3.30. The van der Waals surface area contributed by atoms with E-state index in [-0.39, 0.29) is 5.97 Å². The highest BCUT2D eigenvalue weighted by atomic mass is 35.5. The summed E-state index contributed by atoms with van der Waals surface area (Å²) in [7, 11) is 0. The number of halogens is 1. The molecule has 110 valence electrons. The Morgan fingerprint density at radius 2 is 2.15 bits per heavy atom. The predicted molar refractivity (Wildman–Crippen MR) is 82.5 cm³/mol. The topological polar surface area (TPSA) is 29.5 Å². The Morgan fingerprint density at radius 3 is 2.80 bits per heavy atom. The van der Waals surface area contributed by atoms with Gasteiger partial charge in [0.15, 0.2) is 0 Å². The number of alkyl halides is 1. The fraction of sp³-hybridized carbons (Fsp3) is 0.562. The van der Waals surface area contributed by atoms with Gasteiger partial charge in [0, 0.05) is 24.5 Å². The van der Waals surface area contributed by atoms with Crippen LogP contribution in [0.25, 0.3) is 0 Å². The first-order valence-electron chi connectivity index (χ1n) is 7.28. The van der Waals surface area contributed by atoms with Gasteiger partial charge >= 0.3 is 5.97 Å². The molecular weight excluding hydrogens is 274 g/mol. The number of nitrogens with zero attached hydrogens (tertiary/aromatic N) is 1. The van der Waals surface area contributed by atoms with Gasteiger partial charge < -0.3 is 9.64 Å². The Bertz CT molecular complexity index is 477. The molecule has 0 saturated carbocycles. The zero-order valence-corrected chi connectivity index (χ0v) is 12.9. The second-order valence-electron chi connectivity index (χ2n) is 5.09. The largest absolute Gasteiger partial charge is 0.464 e. The Labute approximate surface area is 125 Å². The van der Waals surface area contributed by atoms with Crippen LogP contribution in [-0.4, -0.2) is 30.5 Å². The van der Waals surface area contributed by atoms with E-state index >= 15 is 0 Å². The molecule has 4 heteroatoms. The van der Waals surface area contributed by atoms with Gasteiger partial charge in [-0.1, -0.05) is 18.2 Å². The van der Waals surface area contributed by atoms with Crippen molar-refractivity contribution in [2.24, 2.45) is 0 Å². The van der Waals surface area contributed by atoms with Gasteiger partial charge in [0.05, 0.1) is 6.61 Å². The number of hydrogen-bond acceptors (Lipinski definition) is 3. The highest BCUT2D eigenvalue weighted by Crippen LogP contribution is 2.42. The van der Waals surface area contributed by atoms with Crippen LogP contribution < -0.4 is 4.90 Å². The third-order valence-corrected chi connectivity index (χ3v) is 4.24. The number of likely N-dealkylation sites (N-methyl/N-ethyl adjacent to an activating group) is 1. The van der Waals surface area contributed by atoms with Crippen LogP contribution in [0.1, 0.15) is 32.3 Å². The van der Waals surface area contributed by atoms with E-state index in [4.69, 9.17) is 16.3 Å². The molecule has 0 saturated heterocycles. The third kappa shape index (κ3) is 2.51. The number of rotatable bonds is 6. The van der Waals surface area contributed by atoms with Crippen molar-refractivity contribution in [1.82, 2.24) is 0 Å². The lowest BCUT2D eigenvalue weighted by atomic mass is 9.89. The molecule has 1 aromatic carbocycles. The normalized spacial score (nSPS) is 20.9. The maximum atomic E-state index is 12.6. The number of benzene rings is 1. The van der Waals surface area contributed by atoms with Gasteiger partial charge in [0.2, 0.25) is 0 Å². The molecule has 0 spiro atoms. The average Bonchev–Trinajstić information content (AvgIpc) is 2.79. The highest BCUT2D eigenvalue weighted by Gasteiger charge is 2.49. The van der Waals surface area contributed by atoms with Gasteiger partial charge in [0.25, 0.3) is 0 Å². The summed E-state index contributed by atoms with van der Waals surface area (Å²) in [6.45, 7) is 5.13. The average molecular weight is 296 g/mol. The number of para-hydroxylation sites is 1. The molecule has 1 unspecified atom stereocenters. The molecule has 1 aliphatic rings. The fourth-order valence-electron chi connectivity index (χ4n) is 3.17. The summed E-state index contributed by atoms with van der Waals surface area (Å²) >= 11 is 5.86. The van der Waals surface area contributed by atoms with E-state index in [1.54, 1.807) is 0 Å². The lowest BCUT2D eigenvalue weighted by Crippen LogP contribution is -2.54. The molecule has 0 aromatic heterocycles. The third-order valence-electron chi connectivity index (χ3n) is 3.98. The summed E-state index contributed by atoms with van der Waals surface area (Å²) < 4.78 is 5.37. The molecule has 2 rings (SSSR count). The summed E-state index contributed by atoms with van der Waals surface area (Å²) in [6.07, 6.45) is 2.26. The van der Waals surface area contributed by atoms with Crippen LogP contribution in [-0.2, 0) is 16.0 Å². The van der Waals surface area contributed by atoms with Gasteiger partial charge in [-0.05, 0) is 38.3 Å². The molecular formula is C16H22ClNO2. The van der Waals surface area contributed by atoms with E-state index in [0.29, 0.717) is 18.9 Å². The first kappa shape index (κ1) is 15.2. The minimum atomic E-state index is -0.580. The van der Waals surface area contributed by atoms with Gasteiger partial charge in [-0.2, -0.15) is 0 Å². The molecule has 1 aliphatic heterocycles. The summed E-state index contributed by atoms with van der Waals surface area (Å²) in [5, 5.41) is 0. The van der Waals surface area contributed by atoms with Crippen LogP contribution in [0.2, 0.25) is 0 Å². The highest BCUT2D eigenvalue weighted by molar-refractivity contribution is 6.17. The van der Waals surface area contributed by atoms with Crippen molar-refractivity contribution in [3.8, 4) is 0 Å². The van der Waals surface area contributed by atoms with Crippen LogP contribution >= 0.6 is 11.6 Å². The Morgan fingerprint density at radius 1 is 1.40 bits per heavy atom. The number of carbonyl (C=O) groups is 1. The van der Waals surface area contributed by atoms with Crippen LogP contribution in [0.15, 0.2) is 24.3 Å². The van der Waals surface area contributed by atoms with Crippen molar-refractivity contribution in [3.05, 3.63) is 29.8 Å². The molecule has 0 radical (unpaired) electrons. The van der Waals surface area contributed by atoms with Crippen LogP contribution in [0, 0.1) is 0 Å². The monoisotopic (exact) mass is 295 g/mol. The first-order valence-corrected chi connectivity index (χ1v) is 7.81. The van der Waals surface area contributed by atoms with Crippen molar-refractivity contribution in [3.63, 3.8) is 0 Å². The van der Waals surface area contributed by atoms with E-state index in [0.717, 1.165) is 25.1 Å². The van der Waals surface area contributed by atoms with Gasteiger partial charge in [-0.25, -0.2) is 4.79 Å². The van der Waals surface area contributed by atoms with Crippen molar-refractivity contribution >= 4 is 23.3 Å². The number of ether oxygens (including phenoxy) is 1. The second-order valence-corrected chi connectivity index (χ2v) is 5.47. The SMILES string of the molecule is CCOC(=O)C1(CCCCl)Cc2ccccc2N1CC. The predicted octanol–water partition coefficient (Wildman–Crippen LogP) is 3.39. The standard InChI is InChI=1S/C16H22ClNO2/c1-3-18-14-9-6-5-8-13(14)12-16(18,10-7-11-17)15(19)20-4-2/h5-6,8-9H,3-4,7,10-12H2,1-2H3. The van der Waals surface area contributed by atoms with E-state index in [1.165, 1.54) is 5.56 Å². The van der Waals surface area contributed by atoms with Gasteiger partial charge in [-0.15, -0.1) is 11.6 Å². The molecule has 20 heavy (non-hydrogen) atoms. The van der Waals surface area contributed by atoms with Crippen LogP contribution in [0.3, 0.4) is 0 Å². The molecule has 0 N–H and O–H groups in total. The zero-order valence-electron chi connectivity index (χ0n) is 12.2. The minimum absolute atomic E-state index is 0.122. The van der Waals surface area contributed by atoms with Crippen molar-refractivity contribution in [1.29, 1.82) is 0 Å². The molecule has 0 bridgehead atoms. The lowest BCUT2D eigenvalue weighted by Gasteiger charge is -2.37. The van der Waals surface area contributed by atoms with E-state index < -0.39 is 5.54 Å². The van der Waals surface area contributed by atoms with Crippen molar-refractivity contribution in [2.45, 2.75) is 38.6 Å². The summed E-state index contributed by atoms with van der Waals surface area (Å²) in [4.78, 5) is 14.8. The van der Waals surface area contributed by atoms with Gasteiger partial charge in [-0.3, -0.25) is 0 Å². The molecule has 0 fully saturated rings. The van der Waals surface area contributed by atoms with Crippen molar-refractivity contribution in [2.75, 3.05) is 23.9 Å². The molecule has 1 atom stereocenters. The maximum absolute atomic E-state index is 12.6. The molecule has 0 aliphatic carbocycles. The Balaban J connectivity index is 2.39. The first-order chi connectivity index (χ1) is 9.69. The number of anilines is 1. The molecule has 3 nitrogen and oxygen atoms in total. The van der Waals surface area contributed by atoms with Crippen molar-refractivity contribution < 1.29 is 9.53 Å². The zero-order chi connectivity index (χ0) is 14.6. The number of hydrogen-bond donors (Lipinski definition) is 0. The Kier molecular flexibility index (Phi) is 4.92. The van der Waals surface area contributed by atoms with Gasteiger partial charge in [0.1, 0.15) is 5.54 Å². The van der Waals surface area contributed by atoms with Crippen LogP contribution in [0.5, 0.6) is 0 Å². The smallest absolute Gasteiger partial charge is 0.332 e. The summed E-state index contributed by atoms with van der Waals surface area (Å²) in [6, 6.07) is 8.22. The lowest BCUT2D eigenvalue weighted by molar-refractivity contribution is -0.149.